The largest absolute Gasteiger partial charge is 0.476 e. The molecule has 6 nitrogen and oxygen atoms in total. The van der Waals surface area contributed by atoms with E-state index in [2.05, 4.69) is 4.98 Å². The Balaban J connectivity index is 1.77. The van der Waals surface area contributed by atoms with Crippen LogP contribution in [0.2, 0.25) is 0 Å². The number of carbonyl (C=O) groups excluding carboxylic acids is 1. The molecule has 6 heteroatoms. The summed E-state index contributed by atoms with van der Waals surface area (Å²) in [5, 5.41) is 8.91. The molecular formula is C16H12N2O4. The third-order valence-electron chi connectivity index (χ3n) is 3.12. The van der Waals surface area contributed by atoms with E-state index in [0.29, 0.717) is 11.2 Å². The fourth-order valence-corrected chi connectivity index (χ4v) is 2.02. The number of carbonyl (C=O) groups is 2. The Bertz CT molecular complexity index is 840. The average molecular weight is 296 g/mol. The van der Waals surface area contributed by atoms with Crippen LogP contribution >= 0.6 is 0 Å². The van der Waals surface area contributed by atoms with E-state index in [1.54, 1.807) is 12.1 Å². The van der Waals surface area contributed by atoms with Crippen LogP contribution in [0.15, 0.2) is 54.9 Å². The van der Waals surface area contributed by atoms with Crippen molar-refractivity contribution in [2.45, 2.75) is 6.61 Å². The highest BCUT2D eigenvalue weighted by atomic mass is 16.5. The predicted octanol–water partition coefficient (Wildman–Crippen LogP) is 2.39. The van der Waals surface area contributed by atoms with Gasteiger partial charge in [0, 0.05) is 12.4 Å². The second-order valence-electron chi connectivity index (χ2n) is 4.68. The Morgan fingerprint density at radius 3 is 2.59 bits per heavy atom. The molecular weight excluding hydrogens is 284 g/mol. The standard InChI is InChI=1S/C16H12N2O4/c19-15(20)13-9-18-8-12(6-7-14(18)17-13)16(21)22-10-11-4-2-1-3-5-11/h1-9H,10H2,(H,19,20). The number of hydrogen-bond donors (Lipinski definition) is 1. The number of aromatic nitrogens is 2. The quantitative estimate of drug-likeness (QED) is 0.748. The summed E-state index contributed by atoms with van der Waals surface area (Å²) in [5.74, 6) is -1.59. The van der Waals surface area contributed by atoms with Gasteiger partial charge in [0.25, 0.3) is 0 Å². The summed E-state index contributed by atoms with van der Waals surface area (Å²) in [4.78, 5) is 26.8. The first-order chi connectivity index (χ1) is 10.6. The lowest BCUT2D eigenvalue weighted by Gasteiger charge is -2.05. The highest BCUT2D eigenvalue weighted by Crippen LogP contribution is 2.10. The van der Waals surface area contributed by atoms with Crippen molar-refractivity contribution in [3.8, 4) is 0 Å². The number of imidazole rings is 1. The summed E-state index contributed by atoms with van der Waals surface area (Å²) >= 11 is 0. The number of aromatic carboxylic acids is 1. The van der Waals surface area contributed by atoms with E-state index in [1.165, 1.54) is 16.8 Å². The Morgan fingerprint density at radius 2 is 1.86 bits per heavy atom. The number of nitrogens with zero attached hydrogens (tertiary/aromatic N) is 2. The minimum atomic E-state index is -1.11. The Labute approximate surface area is 125 Å². The lowest BCUT2D eigenvalue weighted by molar-refractivity contribution is 0.0472. The molecule has 2 aromatic heterocycles. The van der Waals surface area contributed by atoms with Crippen LogP contribution in [-0.4, -0.2) is 26.4 Å². The number of esters is 1. The highest BCUT2D eigenvalue weighted by Gasteiger charge is 2.12. The van der Waals surface area contributed by atoms with Crippen LogP contribution in [-0.2, 0) is 11.3 Å². The van der Waals surface area contributed by atoms with Crippen molar-refractivity contribution in [3.05, 3.63) is 71.7 Å². The molecule has 22 heavy (non-hydrogen) atoms. The van der Waals surface area contributed by atoms with Crippen LogP contribution in [0.5, 0.6) is 0 Å². The Morgan fingerprint density at radius 1 is 1.09 bits per heavy atom. The molecule has 0 aliphatic heterocycles. The van der Waals surface area contributed by atoms with E-state index in [4.69, 9.17) is 9.84 Å². The van der Waals surface area contributed by atoms with Crippen LogP contribution in [0.3, 0.4) is 0 Å². The average Bonchev–Trinajstić information content (AvgIpc) is 2.97. The van der Waals surface area contributed by atoms with Crippen molar-refractivity contribution in [3.63, 3.8) is 0 Å². The smallest absolute Gasteiger partial charge is 0.356 e. The van der Waals surface area contributed by atoms with Crippen molar-refractivity contribution < 1.29 is 19.4 Å². The predicted molar refractivity (Wildman–Crippen MR) is 77.7 cm³/mol. The molecule has 3 rings (SSSR count). The van der Waals surface area contributed by atoms with Gasteiger partial charge in [0.15, 0.2) is 5.69 Å². The number of pyridine rings is 1. The number of rotatable bonds is 4. The van der Waals surface area contributed by atoms with Gasteiger partial charge in [-0.05, 0) is 17.7 Å². The Kier molecular flexibility index (Phi) is 3.57. The molecule has 0 atom stereocenters. The second kappa shape index (κ2) is 5.69. The zero-order valence-corrected chi connectivity index (χ0v) is 11.5. The first-order valence-electron chi connectivity index (χ1n) is 6.56. The second-order valence-corrected chi connectivity index (χ2v) is 4.68. The SMILES string of the molecule is O=C(OCc1ccccc1)c1ccc2nc(C(=O)O)cn2c1. The number of carboxylic acids is 1. The molecule has 0 saturated carbocycles. The van der Waals surface area contributed by atoms with Gasteiger partial charge in [-0.1, -0.05) is 30.3 Å². The van der Waals surface area contributed by atoms with Gasteiger partial charge in [0.05, 0.1) is 5.56 Å². The first-order valence-corrected chi connectivity index (χ1v) is 6.56. The molecule has 0 bridgehead atoms. The van der Waals surface area contributed by atoms with Gasteiger partial charge in [0.2, 0.25) is 0 Å². The molecule has 0 amide bonds. The maximum absolute atomic E-state index is 12.0. The van der Waals surface area contributed by atoms with Crippen molar-refractivity contribution in [1.82, 2.24) is 9.38 Å². The summed E-state index contributed by atoms with van der Waals surface area (Å²) in [6.45, 7) is 0.183. The van der Waals surface area contributed by atoms with Crippen LogP contribution in [0.25, 0.3) is 5.65 Å². The zero-order chi connectivity index (χ0) is 15.5. The normalized spacial score (nSPS) is 10.5. The van der Waals surface area contributed by atoms with Gasteiger partial charge in [-0.3, -0.25) is 0 Å². The molecule has 3 aromatic rings. The molecule has 0 aliphatic carbocycles. The molecule has 2 heterocycles. The molecule has 0 spiro atoms. The number of fused-ring (bicyclic) bond motifs is 1. The number of carboxylic acid groups (broad SMARTS) is 1. The number of hydrogen-bond acceptors (Lipinski definition) is 4. The molecule has 1 N–H and O–H groups in total. The van der Waals surface area contributed by atoms with Crippen LogP contribution in [0, 0.1) is 0 Å². The molecule has 110 valence electrons. The number of benzene rings is 1. The van der Waals surface area contributed by atoms with Crippen molar-refractivity contribution in [2.75, 3.05) is 0 Å². The zero-order valence-electron chi connectivity index (χ0n) is 11.5. The van der Waals surface area contributed by atoms with Gasteiger partial charge in [-0.15, -0.1) is 0 Å². The summed E-state index contributed by atoms with van der Waals surface area (Å²) in [6, 6.07) is 12.5. The summed E-state index contributed by atoms with van der Waals surface area (Å²) in [6.07, 6.45) is 2.85. The van der Waals surface area contributed by atoms with E-state index >= 15 is 0 Å². The molecule has 0 radical (unpaired) electrons. The third kappa shape index (κ3) is 2.80. The molecule has 1 aromatic carbocycles. The number of ether oxygens (including phenoxy) is 1. The third-order valence-corrected chi connectivity index (χ3v) is 3.12. The van der Waals surface area contributed by atoms with Crippen molar-refractivity contribution >= 4 is 17.6 Å². The molecule has 0 saturated heterocycles. The van der Waals surface area contributed by atoms with Gasteiger partial charge >= 0.3 is 11.9 Å². The van der Waals surface area contributed by atoms with Crippen molar-refractivity contribution in [2.24, 2.45) is 0 Å². The Hall–Kier alpha value is -3.15. The van der Waals surface area contributed by atoms with E-state index in [0.717, 1.165) is 5.56 Å². The van der Waals surface area contributed by atoms with Crippen LogP contribution in [0.4, 0.5) is 0 Å². The van der Waals surface area contributed by atoms with E-state index in [9.17, 15) is 9.59 Å². The van der Waals surface area contributed by atoms with Gasteiger partial charge in [-0.25, -0.2) is 14.6 Å². The van der Waals surface area contributed by atoms with Crippen LogP contribution in [0.1, 0.15) is 26.4 Å². The fraction of sp³-hybridized carbons (Fsp3) is 0.0625. The lowest BCUT2D eigenvalue weighted by atomic mass is 10.2. The maximum Gasteiger partial charge on any atom is 0.356 e. The molecule has 0 unspecified atom stereocenters. The highest BCUT2D eigenvalue weighted by molar-refractivity contribution is 5.90. The lowest BCUT2D eigenvalue weighted by Crippen LogP contribution is -2.06. The van der Waals surface area contributed by atoms with Crippen LogP contribution < -0.4 is 0 Å². The summed E-state index contributed by atoms with van der Waals surface area (Å²) < 4.78 is 6.72. The summed E-state index contributed by atoms with van der Waals surface area (Å²) in [7, 11) is 0. The minimum Gasteiger partial charge on any atom is -0.476 e. The minimum absolute atomic E-state index is 0.0743. The van der Waals surface area contributed by atoms with Gasteiger partial charge in [-0.2, -0.15) is 0 Å². The van der Waals surface area contributed by atoms with Crippen molar-refractivity contribution in [1.29, 1.82) is 0 Å². The maximum atomic E-state index is 12.0. The van der Waals surface area contributed by atoms with Gasteiger partial charge < -0.3 is 14.2 Å². The molecule has 0 fully saturated rings. The van der Waals surface area contributed by atoms with E-state index in [-0.39, 0.29) is 12.3 Å². The topological polar surface area (TPSA) is 80.9 Å². The first kappa shape index (κ1) is 13.8. The van der Waals surface area contributed by atoms with E-state index < -0.39 is 11.9 Å². The summed E-state index contributed by atoms with van der Waals surface area (Å²) in [5.41, 5.74) is 1.61. The fourth-order valence-electron chi connectivity index (χ4n) is 2.02. The molecule has 0 aliphatic rings. The van der Waals surface area contributed by atoms with Gasteiger partial charge in [0.1, 0.15) is 12.3 Å². The van der Waals surface area contributed by atoms with E-state index in [1.807, 2.05) is 30.3 Å². The monoisotopic (exact) mass is 296 g/mol.